The molecule has 0 unspecified atom stereocenters. The molecule has 9 heteroatoms. The Labute approximate surface area is 141 Å². The van der Waals surface area contributed by atoms with Crippen molar-refractivity contribution in [3.63, 3.8) is 0 Å². The number of fused-ring (bicyclic) bond motifs is 1. The number of anilines is 1. The maximum absolute atomic E-state index is 13.2. The molecule has 0 N–H and O–H groups in total. The van der Waals surface area contributed by atoms with E-state index in [-0.39, 0.29) is 16.9 Å². The maximum Gasteiger partial charge on any atom is 0.280 e. The van der Waals surface area contributed by atoms with Crippen molar-refractivity contribution < 1.29 is 18.3 Å². The average molecular weight is 347 g/mol. The molecule has 0 fully saturated rings. The van der Waals surface area contributed by atoms with Gasteiger partial charge in [-0.25, -0.2) is 23.3 Å². The summed E-state index contributed by atoms with van der Waals surface area (Å²) in [4.78, 5) is 22.4. The first kappa shape index (κ1) is 16.7. The minimum atomic E-state index is -2.74. The molecule has 0 aliphatic carbocycles. The minimum Gasteiger partial charge on any atom is -0.493 e. The SMILES string of the molecule is COc1cccnc1N(C)C(=O)c1cnn2c(C(F)F)cc(C)nc12. The Morgan fingerprint density at radius 3 is 2.84 bits per heavy atom. The fourth-order valence-corrected chi connectivity index (χ4v) is 2.49. The van der Waals surface area contributed by atoms with Gasteiger partial charge in [-0.05, 0) is 25.1 Å². The van der Waals surface area contributed by atoms with Crippen molar-refractivity contribution in [2.45, 2.75) is 13.3 Å². The standard InChI is InChI=1S/C16H15F2N5O2/c1-9-7-11(13(17)18)23-14(21-9)10(8-20-23)16(24)22(2)15-12(25-3)5-4-6-19-15/h4-8,13H,1-3H3. The van der Waals surface area contributed by atoms with Crippen molar-refractivity contribution in [2.75, 3.05) is 19.1 Å². The highest BCUT2D eigenvalue weighted by atomic mass is 19.3. The van der Waals surface area contributed by atoms with Gasteiger partial charge in [0.25, 0.3) is 12.3 Å². The summed E-state index contributed by atoms with van der Waals surface area (Å²) in [5.41, 5.74) is 0.220. The summed E-state index contributed by atoms with van der Waals surface area (Å²) in [7, 11) is 2.98. The van der Waals surface area contributed by atoms with Crippen molar-refractivity contribution >= 4 is 17.4 Å². The Morgan fingerprint density at radius 2 is 2.16 bits per heavy atom. The van der Waals surface area contributed by atoms with Gasteiger partial charge in [-0.1, -0.05) is 0 Å². The topological polar surface area (TPSA) is 72.6 Å². The van der Waals surface area contributed by atoms with Crippen molar-refractivity contribution in [1.82, 2.24) is 19.6 Å². The zero-order valence-corrected chi connectivity index (χ0v) is 13.8. The van der Waals surface area contributed by atoms with Crippen LogP contribution in [0.15, 0.2) is 30.6 Å². The van der Waals surface area contributed by atoms with E-state index in [0.29, 0.717) is 17.3 Å². The minimum absolute atomic E-state index is 0.0713. The number of methoxy groups -OCH3 is 1. The Balaban J connectivity index is 2.09. The number of nitrogens with zero attached hydrogens (tertiary/aromatic N) is 5. The second-order valence-electron chi connectivity index (χ2n) is 5.31. The fraction of sp³-hybridized carbons (Fsp3) is 0.250. The van der Waals surface area contributed by atoms with Gasteiger partial charge in [0.15, 0.2) is 17.2 Å². The van der Waals surface area contributed by atoms with Crippen LogP contribution in [-0.4, -0.2) is 39.6 Å². The molecule has 0 saturated carbocycles. The van der Waals surface area contributed by atoms with Crippen LogP contribution >= 0.6 is 0 Å². The number of hydrogen-bond acceptors (Lipinski definition) is 5. The van der Waals surface area contributed by atoms with Crippen molar-refractivity contribution in [1.29, 1.82) is 0 Å². The molecule has 3 heterocycles. The molecule has 1 amide bonds. The van der Waals surface area contributed by atoms with Gasteiger partial charge in [-0.3, -0.25) is 9.69 Å². The highest BCUT2D eigenvalue weighted by molar-refractivity contribution is 6.09. The number of pyridine rings is 1. The predicted molar refractivity (Wildman–Crippen MR) is 86.2 cm³/mol. The Kier molecular flexibility index (Phi) is 4.30. The molecular formula is C16H15F2N5O2. The Bertz CT molecular complexity index is 941. The van der Waals surface area contributed by atoms with Gasteiger partial charge in [0.05, 0.1) is 13.3 Å². The molecule has 7 nitrogen and oxygen atoms in total. The number of ether oxygens (including phenoxy) is 1. The van der Waals surface area contributed by atoms with E-state index in [2.05, 4.69) is 15.1 Å². The van der Waals surface area contributed by atoms with Crippen LogP contribution in [0, 0.1) is 6.92 Å². The Hall–Kier alpha value is -3.10. The van der Waals surface area contributed by atoms with Crippen LogP contribution in [0.1, 0.15) is 28.2 Å². The van der Waals surface area contributed by atoms with Gasteiger partial charge < -0.3 is 4.74 Å². The molecule has 3 aromatic heterocycles. The highest BCUT2D eigenvalue weighted by Crippen LogP contribution is 2.27. The van der Waals surface area contributed by atoms with Crippen LogP contribution < -0.4 is 9.64 Å². The molecule has 3 rings (SSSR count). The third-order valence-electron chi connectivity index (χ3n) is 3.67. The quantitative estimate of drug-likeness (QED) is 0.725. The van der Waals surface area contributed by atoms with Crippen LogP contribution in [0.5, 0.6) is 5.75 Å². The largest absolute Gasteiger partial charge is 0.493 e. The summed E-state index contributed by atoms with van der Waals surface area (Å²) in [6, 6.07) is 4.58. The zero-order valence-electron chi connectivity index (χ0n) is 13.8. The number of rotatable bonds is 4. The van der Waals surface area contributed by atoms with Crippen molar-refractivity contribution in [2.24, 2.45) is 0 Å². The second-order valence-corrected chi connectivity index (χ2v) is 5.31. The van der Waals surface area contributed by atoms with Crippen LogP contribution in [0.25, 0.3) is 5.65 Å². The first-order valence-corrected chi connectivity index (χ1v) is 7.34. The van der Waals surface area contributed by atoms with E-state index in [1.165, 1.54) is 37.5 Å². The predicted octanol–water partition coefficient (Wildman–Crippen LogP) is 2.66. The molecular weight excluding hydrogens is 332 g/mol. The summed E-state index contributed by atoms with van der Waals surface area (Å²) >= 11 is 0. The number of halogens is 2. The summed E-state index contributed by atoms with van der Waals surface area (Å²) in [5.74, 6) is 0.230. The molecule has 0 aliphatic rings. The number of carbonyl (C=O) groups is 1. The van der Waals surface area contributed by atoms with Gasteiger partial charge in [-0.15, -0.1) is 0 Å². The number of carbonyl (C=O) groups excluding carboxylic acids is 1. The molecule has 0 spiro atoms. The monoisotopic (exact) mass is 347 g/mol. The molecule has 0 bridgehead atoms. The summed E-state index contributed by atoms with van der Waals surface area (Å²) in [6.45, 7) is 1.58. The van der Waals surface area contributed by atoms with E-state index in [4.69, 9.17) is 4.74 Å². The summed E-state index contributed by atoms with van der Waals surface area (Å²) in [5, 5.41) is 3.90. The lowest BCUT2D eigenvalue weighted by Crippen LogP contribution is -2.27. The van der Waals surface area contributed by atoms with E-state index >= 15 is 0 Å². The van der Waals surface area contributed by atoms with Crippen LogP contribution in [-0.2, 0) is 0 Å². The lowest BCUT2D eigenvalue weighted by atomic mass is 10.2. The van der Waals surface area contributed by atoms with Gasteiger partial charge >= 0.3 is 0 Å². The van der Waals surface area contributed by atoms with Gasteiger partial charge in [0.1, 0.15) is 11.3 Å². The third kappa shape index (κ3) is 2.88. The fourth-order valence-electron chi connectivity index (χ4n) is 2.49. The van der Waals surface area contributed by atoms with Gasteiger partial charge in [0.2, 0.25) is 0 Å². The number of aromatic nitrogens is 4. The number of alkyl halides is 2. The third-order valence-corrected chi connectivity index (χ3v) is 3.67. The summed E-state index contributed by atoms with van der Waals surface area (Å²) < 4.78 is 32.6. The molecule has 0 radical (unpaired) electrons. The summed E-state index contributed by atoms with van der Waals surface area (Å²) in [6.07, 6.45) is 0.0115. The first-order valence-electron chi connectivity index (χ1n) is 7.34. The second kappa shape index (κ2) is 6.42. The van der Waals surface area contributed by atoms with Crippen molar-refractivity contribution in [3.05, 3.63) is 47.5 Å². The van der Waals surface area contributed by atoms with Crippen LogP contribution in [0.4, 0.5) is 14.6 Å². The Morgan fingerprint density at radius 1 is 1.40 bits per heavy atom. The molecule has 130 valence electrons. The highest BCUT2D eigenvalue weighted by Gasteiger charge is 2.24. The number of aryl methyl sites for hydroxylation is 1. The first-order chi connectivity index (χ1) is 11.9. The van der Waals surface area contributed by atoms with E-state index < -0.39 is 12.3 Å². The molecule has 0 saturated heterocycles. The maximum atomic E-state index is 13.2. The lowest BCUT2D eigenvalue weighted by molar-refractivity contribution is 0.0992. The van der Waals surface area contributed by atoms with E-state index in [1.54, 1.807) is 19.1 Å². The van der Waals surface area contributed by atoms with E-state index in [0.717, 1.165) is 4.52 Å². The normalized spacial score (nSPS) is 11.1. The number of hydrogen-bond donors (Lipinski definition) is 0. The zero-order chi connectivity index (χ0) is 18.1. The average Bonchev–Trinajstić information content (AvgIpc) is 3.03. The smallest absolute Gasteiger partial charge is 0.280 e. The number of amides is 1. The molecule has 0 aromatic carbocycles. The van der Waals surface area contributed by atoms with E-state index in [9.17, 15) is 13.6 Å². The lowest BCUT2D eigenvalue weighted by Gasteiger charge is -2.17. The van der Waals surface area contributed by atoms with Gasteiger partial charge in [0, 0.05) is 18.9 Å². The molecule has 25 heavy (non-hydrogen) atoms. The molecule has 0 atom stereocenters. The molecule has 3 aromatic rings. The van der Waals surface area contributed by atoms with Gasteiger partial charge in [-0.2, -0.15) is 5.10 Å². The van der Waals surface area contributed by atoms with Crippen molar-refractivity contribution in [3.8, 4) is 5.75 Å². The van der Waals surface area contributed by atoms with Crippen LogP contribution in [0.2, 0.25) is 0 Å². The molecule has 0 aliphatic heterocycles. The van der Waals surface area contributed by atoms with Crippen LogP contribution in [0.3, 0.4) is 0 Å². The van der Waals surface area contributed by atoms with E-state index in [1.807, 2.05) is 0 Å².